The van der Waals surface area contributed by atoms with Gasteiger partial charge in [0.1, 0.15) is 5.75 Å². The van der Waals surface area contributed by atoms with E-state index in [0.717, 1.165) is 29.9 Å². The van der Waals surface area contributed by atoms with Gasteiger partial charge in [-0.1, -0.05) is 41.4 Å². The van der Waals surface area contributed by atoms with Gasteiger partial charge in [-0.3, -0.25) is 0 Å². The minimum absolute atomic E-state index is 0.282. The molecule has 19 heavy (non-hydrogen) atoms. The number of hydrogen-bond donors (Lipinski definition) is 0. The number of rotatable bonds is 2. The number of alkyl halides is 1. The highest BCUT2D eigenvalue weighted by atomic mass is 35.5. The van der Waals surface area contributed by atoms with Crippen LogP contribution in [-0.4, -0.2) is 6.61 Å². The molecule has 0 fully saturated rings. The van der Waals surface area contributed by atoms with E-state index in [-0.39, 0.29) is 5.38 Å². The van der Waals surface area contributed by atoms with Gasteiger partial charge in [0.25, 0.3) is 0 Å². The summed E-state index contributed by atoms with van der Waals surface area (Å²) in [5.41, 5.74) is 3.09. The van der Waals surface area contributed by atoms with Crippen molar-refractivity contribution < 1.29 is 4.74 Å². The Balaban J connectivity index is 1.97. The normalized spacial score (nSPS) is 14.9. The molecule has 1 aliphatic rings. The van der Waals surface area contributed by atoms with Gasteiger partial charge in [-0.05, 0) is 34.9 Å². The Morgan fingerprint density at radius 1 is 1.05 bits per heavy atom. The maximum absolute atomic E-state index is 6.52. The summed E-state index contributed by atoms with van der Waals surface area (Å²) in [4.78, 5) is 0. The lowest BCUT2D eigenvalue weighted by atomic mass is 10.0. The quantitative estimate of drug-likeness (QED) is 0.687. The van der Waals surface area contributed by atoms with Crippen LogP contribution in [-0.2, 0) is 6.42 Å². The maximum Gasteiger partial charge on any atom is 0.122 e. The third-order valence-corrected chi connectivity index (χ3v) is 4.29. The van der Waals surface area contributed by atoms with Crippen LogP contribution in [0.3, 0.4) is 0 Å². The molecule has 0 saturated carbocycles. The molecule has 0 radical (unpaired) electrons. The first-order chi connectivity index (χ1) is 9.15. The van der Waals surface area contributed by atoms with Crippen molar-refractivity contribution >= 4 is 34.8 Å². The Bertz CT molecular complexity index is 625. The van der Waals surface area contributed by atoms with Crippen LogP contribution < -0.4 is 4.74 Å². The summed E-state index contributed by atoms with van der Waals surface area (Å²) in [6.45, 7) is 0.743. The standard InChI is InChI=1S/C15H11Cl3O/c16-11-2-3-12(13(17)8-11)15(18)10-1-4-14-9(7-10)5-6-19-14/h1-4,7-8,15H,5-6H2. The molecule has 4 heteroatoms. The van der Waals surface area contributed by atoms with Crippen molar-refractivity contribution in [1.29, 1.82) is 0 Å². The fourth-order valence-corrected chi connectivity index (χ4v) is 3.15. The van der Waals surface area contributed by atoms with Crippen molar-refractivity contribution in [3.8, 4) is 5.75 Å². The van der Waals surface area contributed by atoms with Crippen LogP contribution in [0.2, 0.25) is 10.0 Å². The number of fused-ring (bicyclic) bond motifs is 1. The molecule has 0 aliphatic carbocycles. The molecule has 0 N–H and O–H groups in total. The van der Waals surface area contributed by atoms with E-state index in [0.29, 0.717) is 10.0 Å². The van der Waals surface area contributed by atoms with Gasteiger partial charge < -0.3 is 4.74 Å². The van der Waals surface area contributed by atoms with E-state index in [4.69, 9.17) is 39.5 Å². The van der Waals surface area contributed by atoms with Gasteiger partial charge in [-0.15, -0.1) is 11.6 Å². The van der Waals surface area contributed by atoms with Crippen molar-refractivity contribution in [1.82, 2.24) is 0 Å². The van der Waals surface area contributed by atoms with Crippen LogP contribution in [0, 0.1) is 0 Å². The van der Waals surface area contributed by atoms with Gasteiger partial charge >= 0.3 is 0 Å². The Kier molecular flexibility index (Phi) is 3.62. The number of ether oxygens (including phenoxy) is 1. The fraction of sp³-hybridized carbons (Fsp3) is 0.200. The summed E-state index contributed by atoms with van der Waals surface area (Å²) < 4.78 is 5.49. The lowest BCUT2D eigenvalue weighted by Crippen LogP contribution is -1.95. The predicted molar refractivity (Wildman–Crippen MR) is 79.8 cm³/mol. The molecule has 2 aromatic rings. The molecule has 1 aliphatic heterocycles. The highest BCUT2D eigenvalue weighted by molar-refractivity contribution is 6.36. The van der Waals surface area contributed by atoms with E-state index < -0.39 is 0 Å². The molecule has 3 rings (SSSR count). The van der Waals surface area contributed by atoms with Gasteiger partial charge in [0.15, 0.2) is 0 Å². The summed E-state index contributed by atoms with van der Waals surface area (Å²) in [6, 6.07) is 11.4. The minimum atomic E-state index is -0.282. The van der Waals surface area contributed by atoms with Crippen LogP contribution in [0.1, 0.15) is 22.1 Å². The summed E-state index contributed by atoms with van der Waals surface area (Å²) in [5.74, 6) is 0.954. The molecule has 1 heterocycles. The first kappa shape index (κ1) is 13.1. The first-order valence-corrected chi connectivity index (χ1v) is 7.19. The number of halogens is 3. The van der Waals surface area contributed by atoms with Crippen molar-refractivity contribution in [2.45, 2.75) is 11.8 Å². The van der Waals surface area contributed by atoms with Crippen LogP contribution in [0.15, 0.2) is 36.4 Å². The zero-order valence-electron chi connectivity index (χ0n) is 10.00. The molecule has 1 atom stereocenters. The van der Waals surface area contributed by atoms with Crippen LogP contribution in [0.25, 0.3) is 0 Å². The van der Waals surface area contributed by atoms with Gasteiger partial charge in [0, 0.05) is 16.5 Å². The van der Waals surface area contributed by atoms with E-state index in [2.05, 4.69) is 6.07 Å². The molecule has 98 valence electrons. The lowest BCUT2D eigenvalue weighted by Gasteiger charge is -2.13. The average Bonchev–Trinajstić information content (AvgIpc) is 2.85. The van der Waals surface area contributed by atoms with E-state index in [1.165, 1.54) is 5.56 Å². The van der Waals surface area contributed by atoms with Crippen molar-refractivity contribution in [2.75, 3.05) is 6.61 Å². The van der Waals surface area contributed by atoms with Gasteiger partial charge in [-0.2, -0.15) is 0 Å². The summed E-state index contributed by atoms with van der Waals surface area (Å²) in [7, 11) is 0. The van der Waals surface area contributed by atoms with E-state index in [9.17, 15) is 0 Å². The predicted octanol–water partition coefficient (Wildman–Crippen LogP) is 5.26. The zero-order valence-corrected chi connectivity index (χ0v) is 12.3. The second-order valence-corrected chi connectivity index (χ2v) is 5.77. The first-order valence-electron chi connectivity index (χ1n) is 6.00. The van der Waals surface area contributed by atoms with Crippen LogP contribution >= 0.6 is 34.8 Å². The summed E-state index contributed by atoms with van der Waals surface area (Å²) in [5, 5.41) is 0.917. The van der Waals surface area contributed by atoms with Gasteiger partial charge in [0.2, 0.25) is 0 Å². The second-order valence-electron chi connectivity index (χ2n) is 4.49. The second kappa shape index (κ2) is 5.24. The van der Waals surface area contributed by atoms with Crippen molar-refractivity contribution in [3.05, 3.63) is 63.1 Å². The fourth-order valence-electron chi connectivity index (χ4n) is 2.25. The topological polar surface area (TPSA) is 9.23 Å². The molecular weight excluding hydrogens is 303 g/mol. The molecule has 0 bridgehead atoms. The third-order valence-electron chi connectivity index (χ3n) is 3.24. The molecule has 0 spiro atoms. The average molecular weight is 314 g/mol. The molecule has 0 saturated heterocycles. The molecule has 1 nitrogen and oxygen atoms in total. The van der Waals surface area contributed by atoms with E-state index >= 15 is 0 Å². The Labute approximate surface area is 127 Å². The smallest absolute Gasteiger partial charge is 0.122 e. The number of benzene rings is 2. The SMILES string of the molecule is Clc1ccc(C(Cl)c2ccc3c(c2)CCO3)c(Cl)c1. The molecule has 1 unspecified atom stereocenters. The Morgan fingerprint density at radius 3 is 2.68 bits per heavy atom. The Hall–Kier alpha value is -0.890. The molecule has 2 aromatic carbocycles. The van der Waals surface area contributed by atoms with E-state index in [1.54, 1.807) is 12.1 Å². The Morgan fingerprint density at radius 2 is 1.89 bits per heavy atom. The maximum atomic E-state index is 6.52. The third kappa shape index (κ3) is 2.55. The molecule has 0 aromatic heterocycles. The number of hydrogen-bond acceptors (Lipinski definition) is 1. The molecule has 0 amide bonds. The minimum Gasteiger partial charge on any atom is -0.493 e. The highest BCUT2D eigenvalue weighted by Gasteiger charge is 2.18. The monoisotopic (exact) mass is 312 g/mol. The van der Waals surface area contributed by atoms with Crippen molar-refractivity contribution in [2.24, 2.45) is 0 Å². The highest BCUT2D eigenvalue weighted by Crippen LogP contribution is 2.37. The van der Waals surface area contributed by atoms with E-state index in [1.807, 2.05) is 18.2 Å². The zero-order chi connectivity index (χ0) is 13.4. The van der Waals surface area contributed by atoms with Crippen LogP contribution in [0.4, 0.5) is 0 Å². The van der Waals surface area contributed by atoms with Gasteiger partial charge in [0.05, 0.1) is 12.0 Å². The largest absolute Gasteiger partial charge is 0.493 e. The van der Waals surface area contributed by atoms with Gasteiger partial charge in [-0.25, -0.2) is 0 Å². The lowest BCUT2D eigenvalue weighted by molar-refractivity contribution is 0.357. The summed E-state index contributed by atoms with van der Waals surface area (Å²) in [6.07, 6.45) is 0.932. The van der Waals surface area contributed by atoms with Crippen LogP contribution in [0.5, 0.6) is 5.75 Å². The summed E-state index contributed by atoms with van der Waals surface area (Å²) >= 11 is 18.6. The molecular formula is C15H11Cl3O. The van der Waals surface area contributed by atoms with Crippen molar-refractivity contribution in [3.63, 3.8) is 0 Å².